The van der Waals surface area contributed by atoms with Crippen LogP contribution in [0.15, 0.2) is 78.9 Å². The molecule has 2 amide bonds. The molecular formula is C29H33ClN2O2S. The van der Waals surface area contributed by atoms with Crippen molar-refractivity contribution >= 4 is 35.2 Å². The van der Waals surface area contributed by atoms with Crippen molar-refractivity contribution in [2.45, 2.75) is 45.0 Å². The van der Waals surface area contributed by atoms with Gasteiger partial charge in [-0.2, -0.15) is 0 Å². The van der Waals surface area contributed by atoms with Crippen molar-refractivity contribution in [3.05, 3.63) is 106 Å². The van der Waals surface area contributed by atoms with Crippen LogP contribution in [0.5, 0.6) is 0 Å². The number of nitrogens with one attached hydrogen (secondary N) is 1. The number of thioether (sulfide) groups is 1. The Kier molecular flexibility index (Phi) is 10.7. The average Bonchev–Trinajstić information content (AvgIpc) is 2.86. The Balaban J connectivity index is 1.82. The molecule has 1 N–H and O–H groups in total. The summed E-state index contributed by atoms with van der Waals surface area (Å²) in [5.41, 5.74) is 4.28. The van der Waals surface area contributed by atoms with Gasteiger partial charge in [0.25, 0.3) is 0 Å². The van der Waals surface area contributed by atoms with Gasteiger partial charge in [-0.25, -0.2) is 0 Å². The van der Waals surface area contributed by atoms with Crippen LogP contribution in [0.2, 0.25) is 5.02 Å². The molecule has 0 spiro atoms. The van der Waals surface area contributed by atoms with E-state index < -0.39 is 6.04 Å². The van der Waals surface area contributed by atoms with Crippen molar-refractivity contribution in [3.63, 3.8) is 0 Å². The van der Waals surface area contributed by atoms with Gasteiger partial charge < -0.3 is 10.2 Å². The Morgan fingerprint density at radius 3 is 2.34 bits per heavy atom. The van der Waals surface area contributed by atoms with E-state index in [0.29, 0.717) is 36.0 Å². The fourth-order valence-electron chi connectivity index (χ4n) is 3.85. The number of amides is 2. The number of aryl methyl sites for hydroxylation is 1. The largest absolute Gasteiger partial charge is 0.354 e. The number of rotatable bonds is 12. The molecular weight excluding hydrogens is 476 g/mol. The van der Waals surface area contributed by atoms with Crippen molar-refractivity contribution in [2.24, 2.45) is 0 Å². The van der Waals surface area contributed by atoms with Gasteiger partial charge in [-0.15, -0.1) is 11.8 Å². The van der Waals surface area contributed by atoms with Gasteiger partial charge >= 0.3 is 0 Å². The van der Waals surface area contributed by atoms with E-state index in [2.05, 4.69) is 11.4 Å². The first-order valence-corrected chi connectivity index (χ1v) is 13.5. The summed E-state index contributed by atoms with van der Waals surface area (Å²) in [4.78, 5) is 28.7. The molecule has 3 rings (SSSR count). The molecule has 184 valence electrons. The number of hydrogen-bond acceptors (Lipinski definition) is 3. The first-order chi connectivity index (χ1) is 17.0. The molecule has 3 aromatic carbocycles. The first kappa shape index (κ1) is 26.8. The number of carbonyl (C=O) groups is 2. The van der Waals surface area contributed by atoms with E-state index in [4.69, 9.17) is 11.6 Å². The summed E-state index contributed by atoms with van der Waals surface area (Å²) in [7, 11) is 0. The quantitative estimate of drug-likeness (QED) is 0.324. The predicted molar refractivity (Wildman–Crippen MR) is 147 cm³/mol. The Hall–Kier alpha value is -2.76. The number of hydrogen-bond donors (Lipinski definition) is 1. The Bertz CT molecular complexity index is 1090. The Labute approximate surface area is 218 Å². The lowest BCUT2D eigenvalue weighted by atomic mass is 10.0. The lowest BCUT2D eigenvalue weighted by Crippen LogP contribution is -2.51. The fraction of sp³-hybridized carbons (Fsp3) is 0.310. The first-order valence-electron chi connectivity index (χ1n) is 11.9. The molecule has 6 heteroatoms. The van der Waals surface area contributed by atoms with Crippen LogP contribution < -0.4 is 5.32 Å². The maximum atomic E-state index is 13.6. The standard InChI is InChI=1S/C29H33ClN2O2S/c1-3-16-31-29(34)27(18-23-9-5-4-6-10-23)32(19-25-11-7-8-22(2)17-25)28(33)21-35-20-24-12-14-26(30)15-13-24/h4-15,17,27H,3,16,18-21H2,1-2H3,(H,31,34). The molecule has 0 aliphatic rings. The molecule has 3 aromatic rings. The van der Waals surface area contributed by atoms with E-state index in [1.807, 2.05) is 86.6 Å². The summed E-state index contributed by atoms with van der Waals surface area (Å²) in [6, 6.07) is 25.1. The zero-order chi connectivity index (χ0) is 25.0. The molecule has 0 radical (unpaired) electrons. The van der Waals surface area contributed by atoms with E-state index in [9.17, 15) is 9.59 Å². The van der Waals surface area contributed by atoms with Crippen molar-refractivity contribution in [3.8, 4) is 0 Å². The Morgan fingerprint density at radius 2 is 1.66 bits per heavy atom. The highest BCUT2D eigenvalue weighted by Gasteiger charge is 2.30. The minimum atomic E-state index is -0.590. The van der Waals surface area contributed by atoms with Gasteiger partial charge in [-0.05, 0) is 42.2 Å². The van der Waals surface area contributed by atoms with Crippen LogP contribution in [0.3, 0.4) is 0 Å². The zero-order valence-corrected chi connectivity index (χ0v) is 21.9. The summed E-state index contributed by atoms with van der Waals surface area (Å²) in [5.74, 6) is 0.838. The normalized spacial score (nSPS) is 11.6. The van der Waals surface area contributed by atoms with E-state index in [0.717, 1.165) is 28.7 Å². The van der Waals surface area contributed by atoms with Crippen LogP contribution in [-0.2, 0) is 28.3 Å². The lowest BCUT2D eigenvalue weighted by molar-refractivity contribution is -0.139. The van der Waals surface area contributed by atoms with E-state index in [1.54, 1.807) is 16.7 Å². The van der Waals surface area contributed by atoms with E-state index in [-0.39, 0.29) is 11.8 Å². The van der Waals surface area contributed by atoms with Crippen molar-refractivity contribution in [1.29, 1.82) is 0 Å². The highest BCUT2D eigenvalue weighted by Crippen LogP contribution is 2.20. The molecule has 0 heterocycles. The third kappa shape index (κ3) is 8.75. The average molecular weight is 509 g/mol. The van der Waals surface area contributed by atoms with Crippen LogP contribution in [0.25, 0.3) is 0 Å². The molecule has 35 heavy (non-hydrogen) atoms. The van der Waals surface area contributed by atoms with E-state index >= 15 is 0 Å². The van der Waals surface area contributed by atoms with Crippen LogP contribution in [0.1, 0.15) is 35.6 Å². The minimum absolute atomic E-state index is 0.0435. The molecule has 4 nitrogen and oxygen atoms in total. The van der Waals surface area contributed by atoms with Gasteiger partial charge in [0, 0.05) is 30.3 Å². The summed E-state index contributed by atoms with van der Waals surface area (Å²) in [5, 5.41) is 3.72. The highest BCUT2D eigenvalue weighted by molar-refractivity contribution is 7.99. The summed E-state index contributed by atoms with van der Waals surface area (Å²) >= 11 is 7.54. The van der Waals surface area contributed by atoms with E-state index in [1.165, 1.54) is 0 Å². The zero-order valence-electron chi connectivity index (χ0n) is 20.4. The Morgan fingerprint density at radius 1 is 0.943 bits per heavy atom. The van der Waals surface area contributed by atoms with Crippen molar-refractivity contribution in [1.82, 2.24) is 10.2 Å². The molecule has 0 aromatic heterocycles. The minimum Gasteiger partial charge on any atom is -0.354 e. The maximum absolute atomic E-state index is 13.6. The molecule has 1 unspecified atom stereocenters. The molecule has 1 atom stereocenters. The maximum Gasteiger partial charge on any atom is 0.243 e. The van der Waals surface area contributed by atoms with Gasteiger partial charge in [-0.1, -0.05) is 90.8 Å². The smallest absolute Gasteiger partial charge is 0.243 e. The number of nitrogens with zero attached hydrogens (tertiary/aromatic N) is 1. The number of benzene rings is 3. The molecule has 0 fully saturated rings. The second-order valence-corrected chi connectivity index (χ2v) is 10.0. The number of halogens is 1. The second-order valence-electron chi connectivity index (χ2n) is 8.63. The lowest BCUT2D eigenvalue weighted by Gasteiger charge is -2.31. The summed E-state index contributed by atoms with van der Waals surface area (Å²) in [6.07, 6.45) is 1.31. The highest BCUT2D eigenvalue weighted by atomic mass is 35.5. The molecule has 0 saturated heterocycles. The van der Waals surface area contributed by atoms with Gasteiger partial charge in [-0.3, -0.25) is 9.59 Å². The molecule has 0 aliphatic heterocycles. The second kappa shape index (κ2) is 14.0. The summed E-state index contributed by atoms with van der Waals surface area (Å²) < 4.78 is 0. The van der Waals surface area contributed by atoms with Crippen LogP contribution in [-0.4, -0.2) is 35.1 Å². The molecule has 0 bridgehead atoms. The predicted octanol–water partition coefficient (Wildman–Crippen LogP) is 6.05. The van der Waals surface area contributed by atoms with Crippen LogP contribution >= 0.6 is 23.4 Å². The van der Waals surface area contributed by atoms with Gasteiger partial charge in [0.05, 0.1) is 5.75 Å². The van der Waals surface area contributed by atoms with Gasteiger partial charge in [0.1, 0.15) is 6.04 Å². The van der Waals surface area contributed by atoms with Gasteiger partial charge in [0.15, 0.2) is 0 Å². The fourth-order valence-corrected chi connectivity index (χ4v) is 4.84. The SMILES string of the molecule is CCCNC(=O)C(Cc1ccccc1)N(Cc1cccc(C)c1)C(=O)CSCc1ccc(Cl)cc1. The van der Waals surface area contributed by atoms with Crippen molar-refractivity contribution in [2.75, 3.05) is 12.3 Å². The third-order valence-electron chi connectivity index (χ3n) is 5.66. The van der Waals surface area contributed by atoms with Crippen LogP contribution in [0.4, 0.5) is 0 Å². The molecule has 0 aliphatic carbocycles. The van der Waals surface area contributed by atoms with Crippen molar-refractivity contribution < 1.29 is 9.59 Å². The van der Waals surface area contributed by atoms with Crippen LogP contribution in [0, 0.1) is 6.92 Å². The third-order valence-corrected chi connectivity index (χ3v) is 6.90. The summed E-state index contributed by atoms with van der Waals surface area (Å²) in [6.45, 7) is 5.03. The van der Waals surface area contributed by atoms with Gasteiger partial charge in [0.2, 0.25) is 11.8 Å². The molecule has 0 saturated carbocycles. The number of carbonyl (C=O) groups excluding carboxylic acids is 2. The topological polar surface area (TPSA) is 49.4 Å². The monoisotopic (exact) mass is 508 g/mol.